The van der Waals surface area contributed by atoms with Crippen LogP contribution in [0.5, 0.6) is 0 Å². The maximum Gasteiger partial charge on any atom is 0.168 e. The van der Waals surface area contributed by atoms with Crippen LogP contribution in [0.3, 0.4) is 0 Å². The smallest absolute Gasteiger partial charge is 0.168 e. The minimum Gasteiger partial charge on any atom is -0.398 e. The van der Waals surface area contributed by atoms with Gasteiger partial charge in [-0.05, 0) is 30.7 Å². The first kappa shape index (κ1) is 12.8. The molecule has 0 fully saturated rings. The molecule has 3 nitrogen and oxygen atoms in total. The van der Waals surface area contributed by atoms with Crippen LogP contribution in [0.2, 0.25) is 0 Å². The van der Waals surface area contributed by atoms with Crippen LogP contribution >= 0.6 is 15.9 Å². The van der Waals surface area contributed by atoms with E-state index in [9.17, 15) is 4.79 Å². The number of pyridine rings is 1. The van der Waals surface area contributed by atoms with Crippen LogP contribution in [0.15, 0.2) is 41.1 Å². The number of aryl methyl sites for hydroxylation is 1. The van der Waals surface area contributed by atoms with Crippen LogP contribution in [0.25, 0.3) is 0 Å². The fraction of sp³-hybridized carbons (Fsp3) is 0.143. The average Bonchev–Trinajstić information content (AvgIpc) is 2.32. The van der Waals surface area contributed by atoms with E-state index in [1.54, 1.807) is 18.5 Å². The SMILES string of the molecule is Cc1ccc(C(=O)Cc2cnccc2N)c(Br)c1. The zero-order chi connectivity index (χ0) is 13.1. The molecular formula is C14H13BrN2O. The van der Waals surface area contributed by atoms with Crippen molar-refractivity contribution in [1.82, 2.24) is 4.98 Å². The van der Waals surface area contributed by atoms with E-state index in [1.807, 2.05) is 25.1 Å². The fourth-order valence-electron chi connectivity index (χ4n) is 1.70. The highest BCUT2D eigenvalue weighted by Gasteiger charge is 2.12. The molecule has 2 aromatic rings. The van der Waals surface area contributed by atoms with E-state index in [4.69, 9.17) is 5.73 Å². The second kappa shape index (κ2) is 5.31. The van der Waals surface area contributed by atoms with Gasteiger partial charge in [-0.15, -0.1) is 0 Å². The van der Waals surface area contributed by atoms with Crippen LogP contribution in [-0.4, -0.2) is 10.8 Å². The van der Waals surface area contributed by atoms with Crippen molar-refractivity contribution in [2.75, 3.05) is 5.73 Å². The summed E-state index contributed by atoms with van der Waals surface area (Å²) in [6.45, 7) is 1.98. The Kier molecular flexibility index (Phi) is 3.77. The van der Waals surface area contributed by atoms with Crippen LogP contribution < -0.4 is 5.73 Å². The van der Waals surface area contributed by atoms with Crippen molar-refractivity contribution in [2.24, 2.45) is 0 Å². The molecular weight excluding hydrogens is 292 g/mol. The van der Waals surface area contributed by atoms with Gasteiger partial charge in [0.05, 0.1) is 0 Å². The van der Waals surface area contributed by atoms with Gasteiger partial charge in [-0.3, -0.25) is 9.78 Å². The van der Waals surface area contributed by atoms with Gasteiger partial charge in [-0.25, -0.2) is 0 Å². The molecule has 0 radical (unpaired) electrons. The van der Waals surface area contributed by atoms with Crippen LogP contribution in [-0.2, 0) is 6.42 Å². The van der Waals surface area contributed by atoms with E-state index in [0.29, 0.717) is 11.3 Å². The molecule has 1 aromatic heterocycles. The molecule has 1 aromatic carbocycles. The summed E-state index contributed by atoms with van der Waals surface area (Å²) in [7, 11) is 0. The molecule has 4 heteroatoms. The molecule has 0 aliphatic rings. The topological polar surface area (TPSA) is 56.0 Å². The molecule has 0 unspecified atom stereocenters. The van der Waals surface area contributed by atoms with Gasteiger partial charge in [0, 0.05) is 40.1 Å². The third-order valence-corrected chi connectivity index (χ3v) is 3.37. The maximum absolute atomic E-state index is 12.2. The summed E-state index contributed by atoms with van der Waals surface area (Å²) >= 11 is 3.41. The largest absolute Gasteiger partial charge is 0.398 e. The zero-order valence-corrected chi connectivity index (χ0v) is 11.6. The van der Waals surface area contributed by atoms with Crippen LogP contribution in [0.1, 0.15) is 21.5 Å². The first-order valence-corrected chi connectivity index (χ1v) is 6.35. The van der Waals surface area contributed by atoms with Crippen LogP contribution in [0.4, 0.5) is 5.69 Å². The van der Waals surface area contributed by atoms with Gasteiger partial charge in [0.15, 0.2) is 5.78 Å². The Balaban J connectivity index is 2.25. The molecule has 2 rings (SSSR count). The molecule has 0 aliphatic heterocycles. The van der Waals surface area contributed by atoms with Crippen molar-refractivity contribution in [1.29, 1.82) is 0 Å². The molecule has 18 heavy (non-hydrogen) atoms. The monoisotopic (exact) mass is 304 g/mol. The van der Waals surface area contributed by atoms with Crippen molar-refractivity contribution in [2.45, 2.75) is 13.3 Å². The highest BCUT2D eigenvalue weighted by atomic mass is 79.9. The second-order valence-electron chi connectivity index (χ2n) is 4.16. The van der Waals surface area contributed by atoms with Crippen molar-refractivity contribution in [3.63, 3.8) is 0 Å². The number of rotatable bonds is 3. The molecule has 92 valence electrons. The van der Waals surface area contributed by atoms with E-state index in [-0.39, 0.29) is 12.2 Å². The highest BCUT2D eigenvalue weighted by Crippen LogP contribution is 2.21. The number of nitrogens with two attached hydrogens (primary N) is 1. The maximum atomic E-state index is 12.2. The number of aromatic nitrogens is 1. The summed E-state index contributed by atoms with van der Waals surface area (Å²) in [5.74, 6) is 0.0292. The summed E-state index contributed by atoms with van der Waals surface area (Å²) in [5, 5.41) is 0. The Bertz CT molecular complexity index is 596. The molecule has 0 atom stereocenters. The van der Waals surface area contributed by atoms with E-state index < -0.39 is 0 Å². The molecule has 0 saturated carbocycles. The molecule has 0 bridgehead atoms. The first-order chi connectivity index (χ1) is 8.58. The summed E-state index contributed by atoms with van der Waals surface area (Å²) in [6, 6.07) is 7.38. The predicted octanol–water partition coefficient (Wildman–Crippen LogP) is 3.16. The predicted molar refractivity (Wildman–Crippen MR) is 75.6 cm³/mol. The number of anilines is 1. The number of nitrogen functional groups attached to an aromatic ring is 1. The molecule has 2 N–H and O–H groups in total. The van der Waals surface area contributed by atoms with Crippen molar-refractivity contribution in [3.05, 3.63) is 57.8 Å². The quantitative estimate of drug-likeness (QED) is 0.886. The van der Waals surface area contributed by atoms with Gasteiger partial charge in [0.25, 0.3) is 0 Å². The number of hydrogen-bond donors (Lipinski definition) is 1. The first-order valence-electron chi connectivity index (χ1n) is 5.55. The Labute approximate surface area is 114 Å². The number of hydrogen-bond acceptors (Lipinski definition) is 3. The van der Waals surface area contributed by atoms with Gasteiger partial charge in [-0.1, -0.05) is 22.0 Å². The van der Waals surface area contributed by atoms with E-state index in [0.717, 1.165) is 15.6 Å². The number of nitrogens with zero attached hydrogens (tertiary/aromatic N) is 1. The number of ketones is 1. The second-order valence-corrected chi connectivity index (χ2v) is 5.01. The lowest BCUT2D eigenvalue weighted by atomic mass is 10.0. The zero-order valence-electron chi connectivity index (χ0n) is 9.98. The Morgan fingerprint density at radius 1 is 1.39 bits per heavy atom. The van der Waals surface area contributed by atoms with E-state index in [2.05, 4.69) is 20.9 Å². The van der Waals surface area contributed by atoms with Gasteiger partial charge in [0.1, 0.15) is 0 Å². The lowest BCUT2D eigenvalue weighted by Gasteiger charge is -2.06. The van der Waals surface area contributed by atoms with Crippen molar-refractivity contribution < 1.29 is 4.79 Å². The number of halogens is 1. The summed E-state index contributed by atoms with van der Waals surface area (Å²) in [5.41, 5.74) is 8.94. The van der Waals surface area contributed by atoms with Crippen molar-refractivity contribution in [3.8, 4) is 0 Å². The Morgan fingerprint density at radius 2 is 2.17 bits per heavy atom. The number of carbonyl (C=O) groups is 1. The summed E-state index contributed by atoms with van der Waals surface area (Å²) in [4.78, 5) is 16.2. The van der Waals surface area contributed by atoms with Crippen LogP contribution in [0, 0.1) is 6.92 Å². The van der Waals surface area contributed by atoms with Gasteiger partial charge in [-0.2, -0.15) is 0 Å². The standard InChI is InChI=1S/C14H13BrN2O/c1-9-2-3-11(12(15)6-9)14(18)7-10-8-17-5-4-13(10)16/h2-6,8H,7H2,1H3,(H2,16,17). The molecule has 0 aliphatic carbocycles. The molecule has 0 spiro atoms. The number of carbonyl (C=O) groups excluding carboxylic acids is 1. The fourth-order valence-corrected chi connectivity index (χ4v) is 2.41. The van der Waals surface area contributed by atoms with E-state index in [1.165, 1.54) is 0 Å². The average molecular weight is 305 g/mol. The van der Waals surface area contributed by atoms with Crippen molar-refractivity contribution >= 4 is 27.4 Å². The summed E-state index contributed by atoms with van der Waals surface area (Å²) < 4.78 is 0.815. The normalized spacial score (nSPS) is 10.3. The third-order valence-electron chi connectivity index (χ3n) is 2.72. The summed E-state index contributed by atoms with van der Waals surface area (Å²) in [6.07, 6.45) is 3.52. The Hall–Kier alpha value is -1.68. The Morgan fingerprint density at radius 3 is 2.83 bits per heavy atom. The number of Topliss-reactive ketones (excluding diaryl/α,β-unsaturated/α-hetero) is 1. The minimum atomic E-state index is 0.0292. The lowest BCUT2D eigenvalue weighted by molar-refractivity contribution is 0.0992. The molecule has 1 heterocycles. The molecule has 0 saturated heterocycles. The highest BCUT2D eigenvalue weighted by molar-refractivity contribution is 9.10. The van der Waals surface area contributed by atoms with Gasteiger partial charge >= 0.3 is 0 Å². The number of benzene rings is 1. The third kappa shape index (κ3) is 2.76. The minimum absolute atomic E-state index is 0.0292. The van der Waals surface area contributed by atoms with E-state index >= 15 is 0 Å². The van der Waals surface area contributed by atoms with Gasteiger partial charge < -0.3 is 5.73 Å². The molecule has 0 amide bonds. The lowest BCUT2D eigenvalue weighted by Crippen LogP contribution is -2.07. The van der Waals surface area contributed by atoms with Gasteiger partial charge in [0.2, 0.25) is 0 Å².